The number of rotatable bonds is 3. The van der Waals surface area contributed by atoms with Crippen LogP contribution in [-0.2, 0) is 24.3 Å². The molecule has 5 nitrogen and oxygen atoms in total. The maximum atomic E-state index is 12.6. The predicted octanol–water partition coefficient (Wildman–Crippen LogP) is 3.85. The molecule has 0 saturated heterocycles. The molecule has 5 heteroatoms. The summed E-state index contributed by atoms with van der Waals surface area (Å²) in [6.45, 7) is 0.907. The quantitative estimate of drug-likeness (QED) is 0.514. The van der Waals surface area contributed by atoms with E-state index in [0.29, 0.717) is 23.0 Å². The molecule has 3 aromatic carbocycles. The van der Waals surface area contributed by atoms with Crippen molar-refractivity contribution in [2.45, 2.75) is 26.0 Å². The molecule has 1 aromatic heterocycles. The lowest BCUT2D eigenvalue weighted by molar-refractivity contribution is 0.0474. The molecular formula is C23H18N2O3. The number of nitrogens with zero attached hydrogens (tertiary/aromatic N) is 2. The number of carbonyl (C=O) groups excluding carboxylic acids is 1. The van der Waals surface area contributed by atoms with Gasteiger partial charge < -0.3 is 4.74 Å². The molecule has 1 aliphatic heterocycles. The maximum Gasteiger partial charge on any atom is 0.338 e. The summed E-state index contributed by atoms with van der Waals surface area (Å²) in [6.07, 6.45) is 1.72. The minimum atomic E-state index is -0.419. The molecule has 0 N–H and O–H groups in total. The van der Waals surface area contributed by atoms with Crippen LogP contribution in [0, 0.1) is 0 Å². The smallest absolute Gasteiger partial charge is 0.338 e. The minimum Gasteiger partial charge on any atom is -0.457 e. The Hall–Kier alpha value is -3.47. The Morgan fingerprint density at radius 3 is 2.82 bits per heavy atom. The Morgan fingerprint density at radius 2 is 1.89 bits per heavy atom. The molecule has 5 rings (SSSR count). The molecule has 138 valence electrons. The van der Waals surface area contributed by atoms with Crippen molar-refractivity contribution >= 4 is 27.6 Å². The highest BCUT2D eigenvalue weighted by atomic mass is 16.5. The van der Waals surface area contributed by atoms with Crippen LogP contribution in [0.1, 0.15) is 28.2 Å². The van der Waals surface area contributed by atoms with Crippen molar-refractivity contribution in [1.82, 2.24) is 9.55 Å². The zero-order valence-corrected chi connectivity index (χ0v) is 15.2. The highest BCUT2D eigenvalue weighted by Crippen LogP contribution is 2.20. The summed E-state index contributed by atoms with van der Waals surface area (Å²) >= 11 is 0. The van der Waals surface area contributed by atoms with Crippen molar-refractivity contribution in [3.8, 4) is 0 Å². The minimum absolute atomic E-state index is 0.0341. The lowest BCUT2D eigenvalue weighted by Gasteiger charge is -2.09. The van der Waals surface area contributed by atoms with Gasteiger partial charge in [0.05, 0.1) is 16.5 Å². The summed E-state index contributed by atoms with van der Waals surface area (Å²) in [5.74, 6) is 0.371. The van der Waals surface area contributed by atoms with E-state index < -0.39 is 5.97 Å². The normalized spacial score (nSPS) is 13.0. The predicted molar refractivity (Wildman–Crippen MR) is 107 cm³/mol. The van der Waals surface area contributed by atoms with Crippen molar-refractivity contribution in [2.75, 3.05) is 0 Å². The van der Waals surface area contributed by atoms with E-state index in [1.807, 2.05) is 42.5 Å². The molecule has 2 heterocycles. The molecule has 0 radical (unpaired) electrons. The van der Waals surface area contributed by atoms with Crippen LogP contribution in [0.3, 0.4) is 0 Å². The van der Waals surface area contributed by atoms with Crippen molar-refractivity contribution in [3.05, 3.63) is 88.0 Å². The summed E-state index contributed by atoms with van der Waals surface area (Å²) in [5, 5.41) is 2.72. The third-order valence-corrected chi connectivity index (χ3v) is 5.29. The first-order valence-corrected chi connectivity index (χ1v) is 9.38. The molecule has 0 fully saturated rings. The summed E-state index contributed by atoms with van der Waals surface area (Å²) in [4.78, 5) is 29.7. The summed E-state index contributed by atoms with van der Waals surface area (Å²) in [5.41, 5.74) is 1.88. The first kappa shape index (κ1) is 16.7. The first-order valence-electron chi connectivity index (χ1n) is 9.38. The number of esters is 1. The van der Waals surface area contributed by atoms with Crippen molar-refractivity contribution in [1.29, 1.82) is 0 Å². The Balaban J connectivity index is 1.43. The lowest BCUT2D eigenvalue weighted by Crippen LogP contribution is -2.21. The molecule has 0 aliphatic carbocycles. The fourth-order valence-electron chi connectivity index (χ4n) is 3.86. The van der Waals surface area contributed by atoms with Gasteiger partial charge in [0.25, 0.3) is 5.56 Å². The van der Waals surface area contributed by atoms with Crippen molar-refractivity contribution in [2.24, 2.45) is 0 Å². The standard InChI is InChI=1S/C23H18N2O3/c26-22-19-11-10-16(13-20(19)24-21-9-4-12-25(21)22)23(27)28-14-17-7-3-6-15-5-1-2-8-18(15)17/h1-3,5-8,10-11,13H,4,9,12,14H2. The Morgan fingerprint density at radius 1 is 1.04 bits per heavy atom. The van der Waals surface area contributed by atoms with Gasteiger partial charge in [-0.05, 0) is 41.0 Å². The van der Waals surface area contributed by atoms with Crippen LogP contribution < -0.4 is 5.56 Å². The second kappa shape index (κ2) is 6.60. The van der Waals surface area contributed by atoms with Crippen molar-refractivity contribution < 1.29 is 9.53 Å². The van der Waals surface area contributed by atoms with Crippen LogP contribution in [0.4, 0.5) is 0 Å². The largest absolute Gasteiger partial charge is 0.457 e. The molecule has 0 unspecified atom stereocenters. The Bertz CT molecular complexity index is 1290. The van der Waals surface area contributed by atoms with E-state index in [-0.39, 0.29) is 12.2 Å². The average Bonchev–Trinajstić information content (AvgIpc) is 3.20. The zero-order chi connectivity index (χ0) is 19.1. The zero-order valence-electron chi connectivity index (χ0n) is 15.2. The van der Waals surface area contributed by atoms with Gasteiger partial charge in [-0.2, -0.15) is 0 Å². The molecule has 0 spiro atoms. The van der Waals surface area contributed by atoms with E-state index in [1.165, 1.54) is 0 Å². The number of hydrogen-bond donors (Lipinski definition) is 0. The number of benzene rings is 3. The number of hydrogen-bond acceptors (Lipinski definition) is 4. The molecule has 28 heavy (non-hydrogen) atoms. The van der Waals surface area contributed by atoms with Crippen LogP contribution in [-0.4, -0.2) is 15.5 Å². The molecular weight excluding hydrogens is 352 g/mol. The molecule has 0 atom stereocenters. The van der Waals surface area contributed by atoms with Gasteiger partial charge in [-0.15, -0.1) is 0 Å². The van der Waals surface area contributed by atoms with E-state index >= 15 is 0 Å². The molecule has 0 saturated carbocycles. The van der Waals surface area contributed by atoms with Crippen LogP contribution in [0.15, 0.2) is 65.5 Å². The van der Waals surface area contributed by atoms with E-state index in [1.54, 1.807) is 22.8 Å². The molecule has 0 amide bonds. The number of carbonyl (C=O) groups is 1. The van der Waals surface area contributed by atoms with Gasteiger partial charge in [-0.25, -0.2) is 9.78 Å². The van der Waals surface area contributed by atoms with Gasteiger partial charge in [-0.3, -0.25) is 9.36 Å². The number of fused-ring (bicyclic) bond motifs is 3. The topological polar surface area (TPSA) is 61.2 Å². The van der Waals surface area contributed by atoms with Crippen LogP contribution >= 0.6 is 0 Å². The fourth-order valence-corrected chi connectivity index (χ4v) is 3.86. The SMILES string of the molecule is O=C(OCc1cccc2ccccc12)c1ccc2c(=O)n3c(nc2c1)CCC3. The van der Waals surface area contributed by atoms with Crippen molar-refractivity contribution in [3.63, 3.8) is 0 Å². The van der Waals surface area contributed by atoms with E-state index in [0.717, 1.165) is 35.0 Å². The molecule has 0 bridgehead atoms. The van der Waals surface area contributed by atoms with Crippen LogP contribution in [0.5, 0.6) is 0 Å². The second-order valence-corrected chi connectivity index (χ2v) is 7.03. The van der Waals surface area contributed by atoms with Gasteiger partial charge in [-0.1, -0.05) is 42.5 Å². The average molecular weight is 370 g/mol. The maximum absolute atomic E-state index is 12.6. The highest BCUT2D eigenvalue weighted by Gasteiger charge is 2.17. The second-order valence-electron chi connectivity index (χ2n) is 7.03. The van der Waals surface area contributed by atoms with E-state index in [4.69, 9.17) is 4.74 Å². The van der Waals surface area contributed by atoms with Crippen LogP contribution in [0.25, 0.3) is 21.7 Å². The monoisotopic (exact) mass is 370 g/mol. The number of aromatic nitrogens is 2. The number of aryl methyl sites for hydroxylation is 1. The highest BCUT2D eigenvalue weighted by molar-refractivity contribution is 5.94. The Labute approximate surface area is 161 Å². The van der Waals surface area contributed by atoms with Gasteiger partial charge in [0.1, 0.15) is 12.4 Å². The third-order valence-electron chi connectivity index (χ3n) is 5.29. The fraction of sp³-hybridized carbons (Fsp3) is 0.174. The lowest BCUT2D eigenvalue weighted by atomic mass is 10.1. The van der Waals surface area contributed by atoms with Crippen LogP contribution in [0.2, 0.25) is 0 Å². The summed E-state index contributed by atoms with van der Waals surface area (Å²) < 4.78 is 7.27. The summed E-state index contributed by atoms with van der Waals surface area (Å²) in [6, 6.07) is 18.9. The van der Waals surface area contributed by atoms with Gasteiger partial charge in [0.2, 0.25) is 0 Å². The molecule has 1 aliphatic rings. The third kappa shape index (κ3) is 2.76. The van der Waals surface area contributed by atoms with Gasteiger partial charge in [0, 0.05) is 13.0 Å². The number of ether oxygens (including phenoxy) is 1. The summed E-state index contributed by atoms with van der Waals surface area (Å²) in [7, 11) is 0. The van der Waals surface area contributed by atoms with E-state index in [9.17, 15) is 9.59 Å². The molecule has 4 aromatic rings. The van der Waals surface area contributed by atoms with Gasteiger partial charge >= 0.3 is 5.97 Å². The van der Waals surface area contributed by atoms with E-state index in [2.05, 4.69) is 4.98 Å². The van der Waals surface area contributed by atoms with Gasteiger partial charge in [0.15, 0.2) is 0 Å². The first-order chi connectivity index (χ1) is 13.7. The Kier molecular flexibility index (Phi) is 3.93.